The fraction of sp³-hybridized carbons (Fsp3) is 0.429. The van der Waals surface area contributed by atoms with Gasteiger partial charge in [-0.1, -0.05) is 13.3 Å². The van der Waals surface area contributed by atoms with Crippen molar-refractivity contribution >= 4 is 17.5 Å². The van der Waals surface area contributed by atoms with E-state index in [0.717, 1.165) is 6.42 Å². The van der Waals surface area contributed by atoms with Crippen LogP contribution in [0.25, 0.3) is 0 Å². The maximum Gasteiger partial charge on any atom is 0.253 e. The van der Waals surface area contributed by atoms with Crippen molar-refractivity contribution in [3.63, 3.8) is 0 Å². The van der Waals surface area contributed by atoms with Crippen molar-refractivity contribution in [1.82, 2.24) is 4.90 Å². The van der Waals surface area contributed by atoms with E-state index in [1.54, 1.807) is 38.4 Å². The summed E-state index contributed by atoms with van der Waals surface area (Å²) in [7, 11) is 3.39. The molecule has 0 spiro atoms. The Bertz CT molecular complexity index is 441. The second kappa shape index (κ2) is 6.89. The standard InChI is InChI=1S/C14H21N3O2/c1-4-5-12(15)13(18)16-11-8-6-10(7-9-11)14(19)17(2)3/h6-9,12H,4-5,15H2,1-3H3,(H,16,18)/t12-/m0/s1. The Morgan fingerprint density at radius 1 is 1.26 bits per heavy atom. The number of carbonyl (C=O) groups excluding carboxylic acids is 2. The second-order valence-electron chi connectivity index (χ2n) is 4.66. The maximum atomic E-state index is 11.7. The van der Waals surface area contributed by atoms with Crippen LogP contribution in [0.15, 0.2) is 24.3 Å². The number of nitrogens with one attached hydrogen (secondary N) is 1. The van der Waals surface area contributed by atoms with E-state index in [2.05, 4.69) is 5.32 Å². The number of rotatable bonds is 5. The zero-order valence-electron chi connectivity index (χ0n) is 11.6. The molecule has 0 saturated carbocycles. The van der Waals surface area contributed by atoms with E-state index in [9.17, 15) is 9.59 Å². The van der Waals surface area contributed by atoms with E-state index in [4.69, 9.17) is 5.73 Å². The first-order valence-corrected chi connectivity index (χ1v) is 6.34. The Kier molecular flexibility index (Phi) is 5.51. The van der Waals surface area contributed by atoms with Crippen LogP contribution in [0.2, 0.25) is 0 Å². The molecule has 1 rings (SSSR count). The number of benzene rings is 1. The average Bonchev–Trinajstić information content (AvgIpc) is 2.38. The van der Waals surface area contributed by atoms with Gasteiger partial charge >= 0.3 is 0 Å². The summed E-state index contributed by atoms with van der Waals surface area (Å²) in [5.41, 5.74) is 6.95. The monoisotopic (exact) mass is 263 g/mol. The summed E-state index contributed by atoms with van der Waals surface area (Å²) in [5.74, 6) is -0.269. The van der Waals surface area contributed by atoms with E-state index in [1.165, 1.54) is 4.90 Å². The fourth-order valence-corrected chi connectivity index (χ4v) is 1.63. The van der Waals surface area contributed by atoms with Crippen LogP contribution in [0.1, 0.15) is 30.1 Å². The van der Waals surface area contributed by atoms with Gasteiger partial charge in [-0.15, -0.1) is 0 Å². The minimum absolute atomic E-state index is 0.0689. The molecule has 2 amide bonds. The molecule has 0 heterocycles. The molecule has 0 radical (unpaired) electrons. The molecular formula is C14H21N3O2. The van der Waals surface area contributed by atoms with Crippen LogP contribution in [0, 0.1) is 0 Å². The third-order valence-corrected chi connectivity index (χ3v) is 2.74. The van der Waals surface area contributed by atoms with Gasteiger partial charge in [-0.25, -0.2) is 0 Å². The van der Waals surface area contributed by atoms with Gasteiger partial charge in [0, 0.05) is 25.3 Å². The number of hydrogen-bond donors (Lipinski definition) is 2. The number of nitrogens with zero attached hydrogens (tertiary/aromatic N) is 1. The van der Waals surface area contributed by atoms with Crippen LogP contribution in [0.4, 0.5) is 5.69 Å². The lowest BCUT2D eigenvalue weighted by molar-refractivity contribution is -0.117. The van der Waals surface area contributed by atoms with Crippen molar-refractivity contribution in [3.8, 4) is 0 Å². The highest BCUT2D eigenvalue weighted by molar-refractivity contribution is 5.96. The molecule has 0 bridgehead atoms. The van der Waals surface area contributed by atoms with Gasteiger partial charge in [-0.2, -0.15) is 0 Å². The number of nitrogens with two attached hydrogens (primary N) is 1. The maximum absolute atomic E-state index is 11.7. The highest BCUT2D eigenvalue weighted by atomic mass is 16.2. The van der Waals surface area contributed by atoms with E-state index in [1.807, 2.05) is 6.92 Å². The molecular weight excluding hydrogens is 242 g/mol. The van der Waals surface area contributed by atoms with Crippen LogP contribution < -0.4 is 11.1 Å². The lowest BCUT2D eigenvalue weighted by Gasteiger charge is -2.13. The average molecular weight is 263 g/mol. The lowest BCUT2D eigenvalue weighted by Crippen LogP contribution is -2.35. The molecule has 19 heavy (non-hydrogen) atoms. The van der Waals surface area contributed by atoms with Crippen molar-refractivity contribution in [2.75, 3.05) is 19.4 Å². The largest absolute Gasteiger partial charge is 0.345 e. The second-order valence-corrected chi connectivity index (χ2v) is 4.66. The predicted molar refractivity (Wildman–Crippen MR) is 76.0 cm³/mol. The molecule has 0 fully saturated rings. The van der Waals surface area contributed by atoms with Crippen LogP contribution in [0.5, 0.6) is 0 Å². The Morgan fingerprint density at radius 3 is 2.32 bits per heavy atom. The smallest absolute Gasteiger partial charge is 0.253 e. The third-order valence-electron chi connectivity index (χ3n) is 2.74. The third kappa shape index (κ3) is 4.37. The molecule has 1 aromatic carbocycles. The zero-order chi connectivity index (χ0) is 14.4. The van der Waals surface area contributed by atoms with E-state index in [0.29, 0.717) is 17.7 Å². The minimum atomic E-state index is -0.493. The van der Waals surface area contributed by atoms with Crippen molar-refractivity contribution in [2.45, 2.75) is 25.8 Å². The van der Waals surface area contributed by atoms with Crippen molar-refractivity contribution in [2.24, 2.45) is 5.73 Å². The van der Waals surface area contributed by atoms with Gasteiger partial charge in [0.2, 0.25) is 5.91 Å². The molecule has 5 heteroatoms. The van der Waals surface area contributed by atoms with Gasteiger partial charge in [0.25, 0.3) is 5.91 Å². The van der Waals surface area contributed by atoms with E-state index < -0.39 is 6.04 Å². The molecule has 1 aromatic rings. The van der Waals surface area contributed by atoms with Gasteiger partial charge in [-0.05, 0) is 30.7 Å². The molecule has 0 aliphatic carbocycles. The molecule has 1 atom stereocenters. The van der Waals surface area contributed by atoms with Gasteiger partial charge < -0.3 is 16.0 Å². The molecule has 0 saturated heterocycles. The summed E-state index contributed by atoms with van der Waals surface area (Å²) in [4.78, 5) is 24.9. The first-order valence-electron chi connectivity index (χ1n) is 6.34. The number of carbonyl (C=O) groups is 2. The van der Waals surface area contributed by atoms with Crippen molar-refractivity contribution in [1.29, 1.82) is 0 Å². The van der Waals surface area contributed by atoms with E-state index in [-0.39, 0.29) is 11.8 Å². The molecule has 0 aromatic heterocycles. The molecule has 104 valence electrons. The Labute approximate surface area is 113 Å². The quantitative estimate of drug-likeness (QED) is 0.844. The predicted octanol–water partition coefficient (Wildman–Crippen LogP) is 1.45. The highest BCUT2D eigenvalue weighted by Crippen LogP contribution is 2.11. The first-order chi connectivity index (χ1) is 8.95. The van der Waals surface area contributed by atoms with Crippen LogP contribution >= 0.6 is 0 Å². The van der Waals surface area contributed by atoms with Crippen LogP contribution in [-0.2, 0) is 4.79 Å². The zero-order valence-corrected chi connectivity index (χ0v) is 11.6. The lowest BCUT2D eigenvalue weighted by atomic mass is 10.1. The van der Waals surface area contributed by atoms with Gasteiger partial charge in [0.15, 0.2) is 0 Å². The Hall–Kier alpha value is -1.88. The summed E-state index contributed by atoms with van der Waals surface area (Å²) in [6.45, 7) is 1.98. The van der Waals surface area contributed by atoms with Gasteiger partial charge in [-0.3, -0.25) is 9.59 Å². The highest BCUT2D eigenvalue weighted by Gasteiger charge is 2.13. The molecule has 3 N–H and O–H groups in total. The molecule has 5 nitrogen and oxygen atoms in total. The van der Waals surface area contributed by atoms with Crippen LogP contribution in [-0.4, -0.2) is 36.9 Å². The summed E-state index contributed by atoms with van der Waals surface area (Å²) in [6, 6.07) is 6.28. The minimum Gasteiger partial charge on any atom is -0.345 e. The Balaban J connectivity index is 2.67. The van der Waals surface area contributed by atoms with Gasteiger partial charge in [0.1, 0.15) is 0 Å². The van der Waals surface area contributed by atoms with Crippen molar-refractivity contribution < 1.29 is 9.59 Å². The topological polar surface area (TPSA) is 75.4 Å². The first kappa shape index (κ1) is 15.2. The SMILES string of the molecule is CCC[C@H](N)C(=O)Nc1ccc(C(=O)N(C)C)cc1. The number of amides is 2. The molecule has 0 aliphatic rings. The Morgan fingerprint density at radius 2 is 1.84 bits per heavy atom. The van der Waals surface area contributed by atoms with E-state index >= 15 is 0 Å². The molecule has 0 aliphatic heterocycles. The van der Waals surface area contributed by atoms with Crippen molar-refractivity contribution in [3.05, 3.63) is 29.8 Å². The fourth-order valence-electron chi connectivity index (χ4n) is 1.63. The summed E-state index contributed by atoms with van der Waals surface area (Å²) in [6.07, 6.45) is 1.52. The summed E-state index contributed by atoms with van der Waals surface area (Å²) in [5, 5.41) is 2.73. The van der Waals surface area contributed by atoms with Gasteiger partial charge in [0.05, 0.1) is 6.04 Å². The normalized spacial score (nSPS) is 11.8. The summed E-state index contributed by atoms with van der Waals surface area (Å²) < 4.78 is 0. The molecule has 0 unspecified atom stereocenters. The number of anilines is 1. The summed E-state index contributed by atoms with van der Waals surface area (Å²) >= 11 is 0. The number of hydrogen-bond acceptors (Lipinski definition) is 3. The van der Waals surface area contributed by atoms with Crippen LogP contribution in [0.3, 0.4) is 0 Å².